The summed E-state index contributed by atoms with van der Waals surface area (Å²) in [5, 5.41) is 7.83. The topological polar surface area (TPSA) is 89.8 Å². The van der Waals surface area contributed by atoms with Crippen molar-refractivity contribution in [1.29, 1.82) is 0 Å². The van der Waals surface area contributed by atoms with Gasteiger partial charge in [-0.05, 0) is 38.3 Å². The summed E-state index contributed by atoms with van der Waals surface area (Å²) in [5.41, 5.74) is 3.63. The lowest BCUT2D eigenvalue weighted by Crippen LogP contribution is -2.26. The van der Waals surface area contributed by atoms with Crippen LogP contribution in [0.25, 0.3) is 0 Å². The molecule has 22 heavy (non-hydrogen) atoms. The first-order chi connectivity index (χ1) is 10.4. The molecule has 1 fully saturated rings. The van der Waals surface area contributed by atoms with Crippen LogP contribution < -0.4 is 4.72 Å². The molecule has 0 bridgehead atoms. The second-order valence-electron chi connectivity index (χ2n) is 5.67. The number of aryl methyl sites for hydroxylation is 2. The van der Waals surface area contributed by atoms with Crippen molar-refractivity contribution in [3.63, 3.8) is 0 Å². The smallest absolute Gasteiger partial charge is 0.214 e. The van der Waals surface area contributed by atoms with Crippen LogP contribution in [0.3, 0.4) is 0 Å². The molecule has 0 amide bonds. The van der Waals surface area contributed by atoms with Gasteiger partial charge in [-0.3, -0.25) is 4.98 Å². The molecule has 8 heteroatoms. The minimum atomic E-state index is -3.18. The van der Waals surface area contributed by atoms with Gasteiger partial charge < -0.3 is 0 Å². The Morgan fingerprint density at radius 2 is 2.09 bits per heavy atom. The molecule has 118 valence electrons. The van der Waals surface area contributed by atoms with Gasteiger partial charge in [0.2, 0.25) is 10.0 Å². The Morgan fingerprint density at radius 1 is 1.32 bits per heavy atom. The Morgan fingerprint density at radius 3 is 2.77 bits per heavy atom. The fourth-order valence-corrected chi connectivity index (χ4v) is 3.57. The number of sulfonamides is 1. The van der Waals surface area contributed by atoms with Gasteiger partial charge in [0.15, 0.2) is 0 Å². The van der Waals surface area contributed by atoms with Gasteiger partial charge in [-0.15, -0.1) is 5.10 Å². The molecule has 0 unspecified atom stereocenters. The van der Waals surface area contributed by atoms with Crippen LogP contribution in [0, 0.1) is 13.8 Å². The third-order valence-corrected chi connectivity index (χ3v) is 5.57. The summed E-state index contributed by atoms with van der Waals surface area (Å²) in [5.74, 6) is 0. The first kappa shape index (κ1) is 15.1. The average Bonchev–Trinajstić information content (AvgIpc) is 3.22. The number of hydrogen-bond acceptors (Lipinski definition) is 5. The Hall–Kier alpha value is -1.80. The number of aromatic nitrogens is 4. The van der Waals surface area contributed by atoms with E-state index in [0.29, 0.717) is 12.2 Å². The third kappa shape index (κ3) is 3.50. The number of nitrogens with zero attached hydrogens (tertiary/aromatic N) is 4. The summed E-state index contributed by atoms with van der Waals surface area (Å²) in [6, 6.07) is 3.98. The molecule has 0 spiro atoms. The Kier molecular flexibility index (Phi) is 3.96. The SMILES string of the molecule is Cc1ccc(Cn2cc(CNS(=O)(=O)C3CC3)nn2)c(C)n1. The molecule has 2 heterocycles. The Balaban J connectivity index is 1.63. The molecule has 2 aromatic heterocycles. The molecule has 0 radical (unpaired) electrons. The van der Waals surface area contributed by atoms with Gasteiger partial charge in [0.05, 0.1) is 30.2 Å². The molecule has 2 aromatic rings. The van der Waals surface area contributed by atoms with Crippen LogP contribution in [0.5, 0.6) is 0 Å². The van der Waals surface area contributed by atoms with E-state index in [1.165, 1.54) is 0 Å². The second-order valence-corrected chi connectivity index (χ2v) is 7.72. The van der Waals surface area contributed by atoms with E-state index in [4.69, 9.17) is 0 Å². The molecule has 7 nitrogen and oxygen atoms in total. The third-order valence-electron chi connectivity index (χ3n) is 3.67. The fourth-order valence-electron chi connectivity index (χ4n) is 2.22. The number of rotatable bonds is 6. The highest BCUT2D eigenvalue weighted by atomic mass is 32.2. The summed E-state index contributed by atoms with van der Waals surface area (Å²) < 4.78 is 27.8. The first-order valence-electron chi connectivity index (χ1n) is 7.24. The molecule has 0 aliphatic heterocycles. The van der Waals surface area contributed by atoms with Gasteiger partial charge in [0.1, 0.15) is 0 Å². The maximum absolute atomic E-state index is 11.8. The molecular weight excluding hydrogens is 302 g/mol. The quantitative estimate of drug-likeness (QED) is 0.854. The van der Waals surface area contributed by atoms with Gasteiger partial charge >= 0.3 is 0 Å². The summed E-state index contributed by atoms with van der Waals surface area (Å²) in [6.07, 6.45) is 3.26. The molecule has 0 atom stereocenters. The lowest BCUT2D eigenvalue weighted by atomic mass is 10.2. The predicted molar refractivity (Wildman–Crippen MR) is 81.6 cm³/mol. The normalized spacial score (nSPS) is 15.2. The van der Waals surface area contributed by atoms with Crippen molar-refractivity contribution in [3.8, 4) is 0 Å². The molecule has 1 aliphatic rings. The van der Waals surface area contributed by atoms with E-state index >= 15 is 0 Å². The zero-order chi connectivity index (χ0) is 15.7. The highest BCUT2D eigenvalue weighted by Gasteiger charge is 2.35. The van der Waals surface area contributed by atoms with Crippen molar-refractivity contribution in [3.05, 3.63) is 41.0 Å². The van der Waals surface area contributed by atoms with E-state index in [9.17, 15) is 8.42 Å². The summed E-state index contributed by atoms with van der Waals surface area (Å²) in [6.45, 7) is 4.67. The zero-order valence-electron chi connectivity index (χ0n) is 12.7. The van der Waals surface area contributed by atoms with Crippen molar-refractivity contribution in [2.75, 3.05) is 0 Å². The number of pyridine rings is 1. The van der Waals surface area contributed by atoms with Crippen LogP contribution in [0.1, 0.15) is 35.5 Å². The van der Waals surface area contributed by atoms with E-state index in [1.54, 1.807) is 10.9 Å². The van der Waals surface area contributed by atoms with Gasteiger partial charge in [0, 0.05) is 11.4 Å². The average molecular weight is 321 g/mol. The Bertz CT molecular complexity index is 780. The summed E-state index contributed by atoms with van der Waals surface area (Å²) in [7, 11) is -3.18. The van der Waals surface area contributed by atoms with E-state index in [1.807, 2.05) is 26.0 Å². The highest BCUT2D eigenvalue weighted by Crippen LogP contribution is 2.27. The van der Waals surface area contributed by atoms with E-state index in [-0.39, 0.29) is 11.8 Å². The van der Waals surface area contributed by atoms with Crippen LogP contribution in [0.15, 0.2) is 18.3 Å². The maximum atomic E-state index is 11.8. The van der Waals surface area contributed by atoms with Crippen LogP contribution >= 0.6 is 0 Å². The second kappa shape index (κ2) is 5.77. The van der Waals surface area contributed by atoms with Gasteiger partial charge in [-0.25, -0.2) is 17.8 Å². The van der Waals surface area contributed by atoms with Crippen LogP contribution in [-0.2, 0) is 23.1 Å². The lowest BCUT2D eigenvalue weighted by Gasteiger charge is -2.05. The summed E-state index contributed by atoms with van der Waals surface area (Å²) >= 11 is 0. The van der Waals surface area contributed by atoms with Crippen molar-refractivity contribution in [2.24, 2.45) is 0 Å². The van der Waals surface area contributed by atoms with Crippen molar-refractivity contribution < 1.29 is 8.42 Å². The molecule has 0 saturated heterocycles. The molecule has 1 aliphatic carbocycles. The zero-order valence-corrected chi connectivity index (χ0v) is 13.5. The Labute approximate surface area is 129 Å². The summed E-state index contributed by atoms with van der Waals surface area (Å²) in [4.78, 5) is 4.42. The van der Waals surface area contributed by atoms with Crippen LogP contribution in [0.2, 0.25) is 0 Å². The van der Waals surface area contributed by atoms with Crippen molar-refractivity contribution >= 4 is 10.0 Å². The molecular formula is C14H19N5O2S. The minimum Gasteiger partial charge on any atom is -0.258 e. The van der Waals surface area contributed by atoms with E-state index in [2.05, 4.69) is 20.0 Å². The van der Waals surface area contributed by atoms with Gasteiger partial charge in [-0.1, -0.05) is 11.3 Å². The molecule has 0 aromatic carbocycles. The largest absolute Gasteiger partial charge is 0.258 e. The van der Waals surface area contributed by atoms with Gasteiger partial charge in [0.25, 0.3) is 0 Å². The van der Waals surface area contributed by atoms with E-state index in [0.717, 1.165) is 29.8 Å². The predicted octanol–water partition coefficient (Wildman–Crippen LogP) is 0.920. The van der Waals surface area contributed by atoms with Crippen LogP contribution in [0.4, 0.5) is 0 Å². The maximum Gasteiger partial charge on any atom is 0.214 e. The van der Waals surface area contributed by atoms with Crippen molar-refractivity contribution in [2.45, 2.75) is 45.0 Å². The monoisotopic (exact) mass is 321 g/mol. The minimum absolute atomic E-state index is 0.184. The highest BCUT2D eigenvalue weighted by molar-refractivity contribution is 7.90. The lowest BCUT2D eigenvalue weighted by molar-refractivity contribution is 0.579. The fraction of sp³-hybridized carbons (Fsp3) is 0.500. The first-order valence-corrected chi connectivity index (χ1v) is 8.79. The number of nitrogens with one attached hydrogen (secondary N) is 1. The molecule has 1 saturated carbocycles. The van der Waals surface area contributed by atoms with Gasteiger partial charge in [-0.2, -0.15) is 0 Å². The van der Waals surface area contributed by atoms with E-state index < -0.39 is 10.0 Å². The van der Waals surface area contributed by atoms with Crippen molar-refractivity contribution in [1.82, 2.24) is 24.7 Å². The standard InChI is InChI=1S/C14H19N5O2S/c1-10-3-4-12(11(2)16-10)8-19-9-13(17-18-19)7-15-22(20,21)14-5-6-14/h3-4,9,14-15H,5-8H2,1-2H3. The van der Waals surface area contributed by atoms with Crippen LogP contribution in [-0.4, -0.2) is 33.6 Å². The molecule has 1 N–H and O–H groups in total. The molecule has 3 rings (SSSR count). The number of hydrogen-bond donors (Lipinski definition) is 1.